The predicted molar refractivity (Wildman–Crippen MR) is 133 cm³/mol. The van der Waals surface area contributed by atoms with Gasteiger partial charge in [0.15, 0.2) is 6.10 Å². The van der Waals surface area contributed by atoms with Crippen molar-refractivity contribution in [3.05, 3.63) is 81.5 Å². The van der Waals surface area contributed by atoms with Crippen molar-refractivity contribution < 1.29 is 14.3 Å². The van der Waals surface area contributed by atoms with Crippen LogP contribution in [0.25, 0.3) is 5.78 Å². The molecule has 4 aromatic rings. The van der Waals surface area contributed by atoms with E-state index in [1.807, 2.05) is 45.0 Å². The van der Waals surface area contributed by atoms with E-state index >= 15 is 0 Å². The average molecular weight is 496 g/mol. The number of carbonyl (C=O) groups is 1. The molecule has 0 fully saturated rings. The van der Waals surface area contributed by atoms with Gasteiger partial charge in [0, 0.05) is 17.1 Å². The normalized spacial score (nSPS) is 12.1. The van der Waals surface area contributed by atoms with E-state index in [-0.39, 0.29) is 29.9 Å². The summed E-state index contributed by atoms with van der Waals surface area (Å²) in [5.74, 6) is 0.889. The molecule has 0 aliphatic rings. The first-order chi connectivity index (χ1) is 16.7. The van der Waals surface area contributed by atoms with Crippen molar-refractivity contribution in [3.63, 3.8) is 0 Å². The lowest BCUT2D eigenvalue weighted by Crippen LogP contribution is -2.30. The summed E-state index contributed by atoms with van der Waals surface area (Å²) in [5.41, 5.74) is 1.63. The fourth-order valence-electron chi connectivity index (χ4n) is 3.40. The minimum atomic E-state index is -0.760. The van der Waals surface area contributed by atoms with Gasteiger partial charge in [-0.3, -0.25) is 14.3 Å². The maximum atomic E-state index is 12.8. The number of nitrogens with one attached hydrogen (secondary N) is 1. The third kappa shape index (κ3) is 5.63. The number of halogens is 1. The number of amides is 1. The first-order valence-corrected chi connectivity index (χ1v) is 11.5. The number of benzene rings is 2. The first-order valence-electron chi connectivity index (χ1n) is 11.1. The van der Waals surface area contributed by atoms with Gasteiger partial charge < -0.3 is 14.8 Å². The quantitative estimate of drug-likeness (QED) is 0.388. The molecule has 2 aromatic carbocycles. The van der Waals surface area contributed by atoms with E-state index in [1.54, 1.807) is 36.1 Å². The van der Waals surface area contributed by atoms with Crippen molar-refractivity contribution in [1.82, 2.24) is 19.2 Å². The number of aromatic nitrogens is 4. The predicted octanol–water partition coefficient (Wildman–Crippen LogP) is 4.42. The van der Waals surface area contributed by atoms with E-state index in [9.17, 15) is 9.59 Å². The molecule has 4 rings (SSSR count). The summed E-state index contributed by atoms with van der Waals surface area (Å²) in [5, 5.41) is 3.23. The van der Waals surface area contributed by atoms with E-state index < -0.39 is 6.10 Å². The zero-order chi connectivity index (χ0) is 25.1. The van der Waals surface area contributed by atoms with Gasteiger partial charge in [0.2, 0.25) is 0 Å². The van der Waals surface area contributed by atoms with Gasteiger partial charge >= 0.3 is 0 Å². The molecule has 0 aliphatic heterocycles. The number of rotatable bonds is 8. The highest BCUT2D eigenvalue weighted by Crippen LogP contribution is 2.29. The van der Waals surface area contributed by atoms with Crippen molar-refractivity contribution in [1.29, 1.82) is 0 Å². The van der Waals surface area contributed by atoms with Gasteiger partial charge in [0.05, 0.1) is 11.4 Å². The van der Waals surface area contributed by atoms with Gasteiger partial charge in [-0.2, -0.15) is 9.50 Å². The highest BCUT2D eigenvalue weighted by atomic mass is 35.5. The highest BCUT2D eigenvalue weighted by Gasteiger charge is 2.18. The first kappa shape index (κ1) is 24.3. The second-order valence-electron chi connectivity index (χ2n) is 8.41. The molecule has 1 amide bonds. The molecule has 1 N–H and O–H groups in total. The lowest BCUT2D eigenvalue weighted by atomic mass is 10.2. The average Bonchev–Trinajstić information content (AvgIpc) is 3.25. The molecule has 0 bridgehead atoms. The zero-order valence-corrected chi connectivity index (χ0v) is 20.6. The molecule has 9 nitrogen and oxygen atoms in total. The van der Waals surface area contributed by atoms with Crippen molar-refractivity contribution in [2.24, 2.45) is 0 Å². The number of ether oxygens (including phenoxy) is 2. The van der Waals surface area contributed by atoms with Gasteiger partial charge in [-0.05, 0) is 58.0 Å². The molecule has 0 aliphatic carbocycles. The second-order valence-corrected chi connectivity index (χ2v) is 8.84. The minimum Gasteiger partial charge on any atom is -0.485 e. The van der Waals surface area contributed by atoms with Crippen LogP contribution in [-0.4, -0.2) is 31.2 Å². The molecular formula is C25H26ClN5O4. The second kappa shape index (κ2) is 10.2. The number of hydrogen-bond acceptors (Lipinski definition) is 6. The Balaban J connectivity index is 1.48. The molecule has 0 radical (unpaired) electrons. The van der Waals surface area contributed by atoms with Crippen LogP contribution in [0.2, 0.25) is 5.02 Å². The minimum absolute atomic E-state index is 0.000200. The molecule has 0 saturated heterocycles. The molecule has 35 heavy (non-hydrogen) atoms. The van der Waals surface area contributed by atoms with Crippen molar-refractivity contribution in [2.75, 3.05) is 5.32 Å². The highest BCUT2D eigenvalue weighted by molar-refractivity contribution is 6.31. The van der Waals surface area contributed by atoms with Crippen LogP contribution >= 0.6 is 11.6 Å². The summed E-state index contributed by atoms with van der Waals surface area (Å²) < 4.78 is 14.7. The summed E-state index contributed by atoms with van der Waals surface area (Å²) in [4.78, 5) is 34.0. The van der Waals surface area contributed by atoms with E-state index in [0.717, 1.165) is 5.56 Å². The molecule has 2 heterocycles. The third-order valence-corrected chi connectivity index (χ3v) is 5.50. The van der Waals surface area contributed by atoms with Crippen LogP contribution in [0.15, 0.2) is 59.7 Å². The molecule has 0 saturated carbocycles. The number of carbonyl (C=O) groups excluding carboxylic acids is 1. The SMILES string of the molecule is Cc1ccc(O[C@H](C)C(=O)Nc2cc(Cl)ccc2OCc2cc(=O)n3c(ncn3C(C)C)n2)cc1. The van der Waals surface area contributed by atoms with Crippen LogP contribution in [0.5, 0.6) is 11.5 Å². The topological polar surface area (TPSA) is 99.7 Å². The maximum Gasteiger partial charge on any atom is 0.274 e. The molecule has 182 valence electrons. The zero-order valence-electron chi connectivity index (χ0n) is 19.9. The van der Waals surface area contributed by atoms with Crippen LogP contribution in [0.3, 0.4) is 0 Å². The monoisotopic (exact) mass is 495 g/mol. The summed E-state index contributed by atoms with van der Waals surface area (Å²) >= 11 is 6.15. The van der Waals surface area contributed by atoms with Gasteiger partial charge in [-0.25, -0.2) is 4.98 Å². The Bertz CT molecular complexity index is 1410. The van der Waals surface area contributed by atoms with Crippen LogP contribution in [0.4, 0.5) is 5.69 Å². The molecule has 10 heteroatoms. The van der Waals surface area contributed by atoms with Gasteiger partial charge in [-0.15, -0.1) is 0 Å². The summed E-state index contributed by atoms with van der Waals surface area (Å²) in [6, 6.07) is 13.8. The van der Waals surface area contributed by atoms with E-state index in [4.69, 9.17) is 21.1 Å². The Morgan fingerprint density at radius 1 is 1.11 bits per heavy atom. The number of hydrogen-bond donors (Lipinski definition) is 1. The Kier molecular flexibility index (Phi) is 7.07. The Hall–Kier alpha value is -3.85. The largest absolute Gasteiger partial charge is 0.485 e. The Morgan fingerprint density at radius 2 is 1.86 bits per heavy atom. The van der Waals surface area contributed by atoms with Crippen LogP contribution in [0.1, 0.15) is 38.1 Å². The van der Waals surface area contributed by atoms with Crippen LogP contribution < -0.4 is 20.3 Å². The number of anilines is 1. The number of aryl methyl sites for hydroxylation is 1. The number of fused-ring (bicyclic) bond motifs is 1. The fraction of sp³-hybridized carbons (Fsp3) is 0.280. The summed E-state index contributed by atoms with van der Waals surface area (Å²) in [6.07, 6.45) is 0.816. The standard InChI is InChI=1S/C25H26ClN5O4/c1-15(2)30-14-27-25-28-19(12-23(32)31(25)30)13-34-22-10-7-18(26)11-21(22)29-24(33)17(4)35-20-8-5-16(3)6-9-20/h5-12,14-15,17H,13H2,1-4H3,(H,29,33)/t17-/m1/s1. The fourth-order valence-corrected chi connectivity index (χ4v) is 3.57. The molecule has 1 atom stereocenters. The summed E-state index contributed by atoms with van der Waals surface area (Å²) in [7, 11) is 0. The van der Waals surface area contributed by atoms with Gasteiger partial charge in [0.1, 0.15) is 24.4 Å². The molecular weight excluding hydrogens is 470 g/mol. The van der Waals surface area contributed by atoms with E-state index in [2.05, 4.69) is 15.3 Å². The van der Waals surface area contributed by atoms with Gasteiger partial charge in [0.25, 0.3) is 17.2 Å². The smallest absolute Gasteiger partial charge is 0.274 e. The third-order valence-electron chi connectivity index (χ3n) is 5.26. The van der Waals surface area contributed by atoms with Crippen molar-refractivity contribution >= 4 is 29.0 Å². The van der Waals surface area contributed by atoms with E-state index in [1.165, 1.54) is 10.6 Å². The maximum absolute atomic E-state index is 12.8. The van der Waals surface area contributed by atoms with Crippen molar-refractivity contribution in [3.8, 4) is 11.5 Å². The Morgan fingerprint density at radius 3 is 2.57 bits per heavy atom. The lowest BCUT2D eigenvalue weighted by molar-refractivity contribution is -0.122. The van der Waals surface area contributed by atoms with Crippen LogP contribution in [0, 0.1) is 6.92 Å². The van der Waals surface area contributed by atoms with E-state index in [0.29, 0.717) is 27.9 Å². The molecule has 0 unspecified atom stereocenters. The van der Waals surface area contributed by atoms with Crippen LogP contribution in [-0.2, 0) is 11.4 Å². The molecule has 2 aromatic heterocycles. The van der Waals surface area contributed by atoms with Crippen molar-refractivity contribution in [2.45, 2.75) is 46.4 Å². The number of nitrogens with zero attached hydrogens (tertiary/aromatic N) is 4. The summed E-state index contributed by atoms with van der Waals surface area (Å²) in [6.45, 7) is 7.54. The van der Waals surface area contributed by atoms with Gasteiger partial charge in [-0.1, -0.05) is 29.3 Å². The Labute approximate surface area is 207 Å². The lowest BCUT2D eigenvalue weighted by Gasteiger charge is -2.17. The molecule has 0 spiro atoms.